The van der Waals surface area contributed by atoms with Gasteiger partial charge in [0.2, 0.25) is 0 Å². The average Bonchev–Trinajstić information content (AvgIpc) is 2.54. The summed E-state index contributed by atoms with van der Waals surface area (Å²) in [5.74, 6) is 0.808. The quantitative estimate of drug-likeness (QED) is 0.435. The number of rotatable bonds is 8. The number of nitrogens with one attached hydrogen (secondary N) is 2. The summed E-state index contributed by atoms with van der Waals surface area (Å²) in [5, 5.41) is 6.57. The van der Waals surface area contributed by atoms with Gasteiger partial charge in [0.15, 0.2) is 5.96 Å². The number of para-hydroxylation sites is 1. The van der Waals surface area contributed by atoms with Crippen LogP contribution in [0.25, 0.3) is 0 Å². The molecule has 1 unspecified atom stereocenters. The Kier molecular flexibility index (Phi) is 8.28. The highest BCUT2D eigenvalue weighted by molar-refractivity contribution is 5.79. The zero-order valence-corrected chi connectivity index (χ0v) is 13.6. The molecule has 2 N–H and O–H groups in total. The van der Waals surface area contributed by atoms with Crippen molar-refractivity contribution in [3.8, 4) is 0 Å². The second kappa shape index (κ2) is 10.0. The minimum atomic E-state index is 0.359. The van der Waals surface area contributed by atoms with Gasteiger partial charge in [-0.1, -0.05) is 18.2 Å². The van der Waals surface area contributed by atoms with Gasteiger partial charge in [0, 0.05) is 45.5 Å². The molecule has 1 aromatic rings. The highest BCUT2D eigenvalue weighted by Gasteiger charge is 2.10. The molecule has 0 amide bonds. The van der Waals surface area contributed by atoms with Crippen molar-refractivity contribution in [2.75, 3.05) is 45.3 Å². The smallest absolute Gasteiger partial charge is 0.191 e. The summed E-state index contributed by atoms with van der Waals surface area (Å²) in [7, 11) is 3.88. The number of nitrogens with zero attached hydrogens (tertiary/aromatic N) is 2. The lowest BCUT2D eigenvalue weighted by Gasteiger charge is -2.27. The minimum Gasteiger partial charge on any atom is -0.380 e. The van der Waals surface area contributed by atoms with E-state index in [2.05, 4.69) is 58.8 Å². The zero-order chi connectivity index (χ0) is 15.5. The predicted molar refractivity (Wildman–Crippen MR) is 90.2 cm³/mol. The molecule has 21 heavy (non-hydrogen) atoms. The molecule has 0 radical (unpaired) electrons. The Morgan fingerprint density at radius 2 is 2.00 bits per heavy atom. The highest BCUT2D eigenvalue weighted by atomic mass is 16.5. The van der Waals surface area contributed by atoms with E-state index in [0.29, 0.717) is 12.6 Å². The van der Waals surface area contributed by atoms with Crippen LogP contribution in [0.3, 0.4) is 0 Å². The van der Waals surface area contributed by atoms with E-state index in [1.165, 1.54) is 5.69 Å². The lowest BCUT2D eigenvalue weighted by Crippen LogP contribution is -2.45. The third-order valence-electron chi connectivity index (χ3n) is 3.36. The molecule has 1 aromatic carbocycles. The van der Waals surface area contributed by atoms with Crippen LogP contribution in [0, 0.1) is 0 Å². The number of likely N-dealkylation sites (N-methyl/N-ethyl adjacent to an activating group) is 1. The number of guanidine groups is 1. The van der Waals surface area contributed by atoms with Gasteiger partial charge < -0.3 is 20.3 Å². The summed E-state index contributed by atoms with van der Waals surface area (Å²) in [6.07, 6.45) is 0. The minimum absolute atomic E-state index is 0.359. The molecule has 0 fully saturated rings. The summed E-state index contributed by atoms with van der Waals surface area (Å²) in [6.45, 7) is 7.20. The first kappa shape index (κ1) is 17.3. The van der Waals surface area contributed by atoms with Crippen LogP contribution in [-0.2, 0) is 4.74 Å². The lowest BCUT2D eigenvalue weighted by atomic mass is 10.2. The third-order valence-corrected chi connectivity index (χ3v) is 3.36. The van der Waals surface area contributed by atoms with Gasteiger partial charge in [-0.2, -0.15) is 0 Å². The van der Waals surface area contributed by atoms with Crippen molar-refractivity contribution in [1.29, 1.82) is 0 Å². The SMILES string of the molecule is CCOCCNC(=NC)NCC(C)N(C)c1ccccc1. The van der Waals surface area contributed by atoms with Crippen molar-refractivity contribution in [2.45, 2.75) is 19.9 Å². The summed E-state index contributed by atoms with van der Waals surface area (Å²) in [6, 6.07) is 10.7. The fraction of sp³-hybridized carbons (Fsp3) is 0.562. The largest absolute Gasteiger partial charge is 0.380 e. The Labute approximate surface area is 128 Å². The van der Waals surface area contributed by atoms with Crippen molar-refractivity contribution in [3.63, 3.8) is 0 Å². The Bertz CT molecular complexity index is 408. The second-order valence-corrected chi connectivity index (χ2v) is 4.87. The van der Waals surface area contributed by atoms with Gasteiger partial charge in [-0.3, -0.25) is 4.99 Å². The predicted octanol–water partition coefficient (Wildman–Crippen LogP) is 1.71. The maximum atomic E-state index is 5.30. The molecule has 1 rings (SSSR count). The van der Waals surface area contributed by atoms with Crippen LogP contribution >= 0.6 is 0 Å². The summed E-state index contributed by atoms with van der Waals surface area (Å²) < 4.78 is 5.30. The first-order chi connectivity index (χ1) is 10.2. The first-order valence-corrected chi connectivity index (χ1v) is 7.49. The zero-order valence-electron chi connectivity index (χ0n) is 13.6. The molecule has 0 saturated heterocycles. The number of aliphatic imine (C=N–C) groups is 1. The molecule has 0 bridgehead atoms. The molecule has 0 aliphatic rings. The van der Waals surface area contributed by atoms with E-state index in [9.17, 15) is 0 Å². The van der Waals surface area contributed by atoms with Crippen LogP contribution in [0.15, 0.2) is 35.3 Å². The molecule has 5 heteroatoms. The maximum Gasteiger partial charge on any atom is 0.191 e. The van der Waals surface area contributed by atoms with Gasteiger partial charge in [0.1, 0.15) is 0 Å². The molecule has 0 aliphatic heterocycles. The monoisotopic (exact) mass is 292 g/mol. The van der Waals surface area contributed by atoms with Crippen molar-refractivity contribution in [3.05, 3.63) is 30.3 Å². The van der Waals surface area contributed by atoms with Crippen LogP contribution in [0.5, 0.6) is 0 Å². The molecular weight excluding hydrogens is 264 g/mol. The van der Waals surface area contributed by atoms with E-state index in [0.717, 1.165) is 25.7 Å². The van der Waals surface area contributed by atoms with Gasteiger partial charge >= 0.3 is 0 Å². The van der Waals surface area contributed by atoms with E-state index in [1.54, 1.807) is 7.05 Å². The fourth-order valence-corrected chi connectivity index (χ4v) is 1.91. The van der Waals surface area contributed by atoms with Gasteiger partial charge in [-0.15, -0.1) is 0 Å². The molecule has 0 aromatic heterocycles. The number of anilines is 1. The third kappa shape index (κ3) is 6.49. The van der Waals surface area contributed by atoms with Gasteiger partial charge in [0.25, 0.3) is 0 Å². The topological polar surface area (TPSA) is 48.9 Å². The van der Waals surface area contributed by atoms with Crippen LogP contribution in [0.1, 0.15) is 13.8 Å². The Balaban J connectivity index is 2.35. The van der Waals surface area contributed by atoms with Crippen LogP contribution in [0.2, 0.25) is 0 Å². The van der Waals surface area contributed by atoms with E-state index in [1.807, 2.05) is 13.0 Å². The highest BCUT2D eigenvalue weighted by Crippen LogP contribution is 2.13. The standard InChI is InChI=1S/C16H28N4O/c1-5-21-12-11-18-16(17-3)19-13-14(2)20(4)15-9-7-6-8-10-15/h6-10,14H,5,11-13H2,1-4H3,(H2,17,18,19). The van der Waals surface area contributed by atoms with Crippen molar-refractivity contribution in [1.82, 2.24) is 10.6 Å². The lowest BCUT2D eigenvalue weighted by molar-refractivity contribution is 0.152. The average molecular weight is 292 g/mol. The summed E-state index contributed by atoms with van der Waals surface area (Å²) >= 11 is 0. The van der Waals surface area contributed by atoms with Crippen LogP contribution < -0.4 is 15.5 Å². The Hall–Kier alpha value is -1.75. The summed E-state index contributed by atoms with van der Waals surface area (Å²) in [4.78, 5) is 6.46. The van der Waals surface area contributed by atoms with Crippen LogP contribution in [0.4, 0.5) is 5.69 Å². The molecule has 0 aliphatic carbocycles. The number of benzene rings is 1. The van der Waals surface area contributed by atoms with Crippen molar-refractivity contribution >= 4 is 11.6 Å². The second-order valence-electron chi connectivity index (χ2n) is 4.87. The molecule has 5 nitrogen and oxygen atoms in total. The van der Waals surface area contributed by atoms with E-state index >= 15 is 0 Å². The normalized spacial score (nSPS) is 12.9. The Morgan fingerprint density at radius 3 is 2.62 bits per heavy atom. The number of hydrogen-bond donors (Lipinski definition) is 2. The van der Waals surface area contributed by atoms with Crippen LogP contribution in [-0.4, -0.2) is 52.4 Å². The van der Waals surface area contributed by atoms with Gasteiger partial charge in [-0.25, -0.2) is 0 Å². The van der Waals surface area contributed by atoms with Crippen molar-refractivity contribution in [2.24, 2.45) is 4.99 Å². The molecule has 1 atom stereocenters. The van der Waals surface area contributed by atoms with Crippen molar-refractivity contribution < 1.29 is 4.74 Å². The van der Waals surface area contributed by atoms with Gasteiger partial charge in [-0.05, 0) is 26.0 Å². The first-order valence-electron chi connectivity index (χ1n) is 7.49. The maximum absolute atomic E-state index is 5.30. The fourth-order valence-electron chi connectivity index (χ4n) is 1.91. The molecule has 118 valence electrons. The Morgan fingerprint density at radius 1 is 1.29 bits per heavy atom. The number of ether oxygens (including phenoxy) is 1. The molecule has 0 saturated carbocycles. The van der Waals surface area contributed by atoms with E-state index in [-0.39, 0.29) is 0 Å². The van der Waals surface area contributed by atoms with E-state index in [4.69, 9.17) is 4.74 Å². The number of hydrogen-bond acceptors (Lipinski definition) is 3. The van der Waals surface area contributed by atoms with E-state index < -0.39 is 0 Å². The molecular formula is C16H28N4O. The summed E-state index contributed by atoms with van der Waals surface area (Å²) in [5.41, 5.74) is 1.21. The van der Waals surface area contributed by atoms with Gasteiger partial charge in [0.05, 0.1) is 6.61 Å². The molecule has 0 spiro atoms. The molecule has 0 heterocycles.